The summed E-state index contributed by atoms with van der Waals surface area (Å²) in [5.41, 5.74) is 4.12. The fraction of sp³-hybridized carbons (Fsp3) is 0.292. The maximum Gasteiger partial charge on any atom is 0.162 e. The standard InChI is InChI=1S/C24H27N5O2/c1-14(2)31-23-10-20-21(11-22(23)30-5)28-16(4)29-24(20)27-15(3)17-7-6-8-18(9-17)19-12-25-26-13-19/h6-15H,1-5H3,(H,25,26)(H,27,28,29)/t15-/m1/s1. The first kappa shape index (κ1) is 20.7. The molecular formula is C24H27N5O2. The summed E-state index contributed by atoms with van der Waals surface area (Å²) in [6.07, 6.45) is 3.74. The molecule has 7 nitrogen and oxygen atoms in total. The fourth-order valence-electron chi connectivity index (χ4n) is 3.55. The van der Waals surface area contributed by atoms with Crippen molar-refractivity contribution in [1.29, 1.82) is 0 Å². The summed E-state index contributed by atoms with van der Waals surface area (Å²) in [6, 6.07) is 12.3. The van der Waals surface area contributed by atoms with Crippen LogP contribution in [0, 0.1) is 6.92 Å². The number of anilines is 1. The second-order valence-electron chi connectivity index (χ2n) is 7.78. The van der Waals surface area contributed by atoms with Crippen LogP contribution in [0.25, 0.3) is 22.0 Å². The molecular weight excluding hydrogens is 390 g/mol. The van der Waals surface area contributed by atoms with E-state index >= 15 is 0 Å². The van der Waals surface area contributed by atoms with Crippen molar-refractivity contribution in [3.63, 3.8) is 0 Å². The number of H-pyrrole nitrogens is 1. The van der Waals surface area contributed by atoms with Crippen LogP contribution in [0.5, 0.6) is 11.5 Å². The highest BCUT2D eigenvalue weighted by molar-refractivity contribution is 5.92. The molecule has 1 atom stereocenters. The van der Waals surface area contributed by atoms with Crippen LogP contribution < -0.4 is 14.8 Å². The van der Waals surface area contributed by atoms with Gasteiger partial charge in [0.05, 0.1) is 24.9 Å². The molecule has 0 aliphatic carbocycles. The van der Waals surface area contributed by atoms with E-state index in [1.165, 1.54) is 0 Å². The maximum absolute atomic E-state index is 5.96. The number of rotatable bonds is 7. The number of methoxy groups -OCH3 is 1. The summed E-state index contributed by atoms with van der Waals surface area (Å²) in [6.45, 7) is 7.99. The van der Waals surface area contributed by atoms with Gasteiger partial charge in [0.15, 0.2) is 11.5 Å². The van der Waals surface area contributed by atoms with Gasteiger partial charge in [0, 0.05) is 29.3 Å². The molecule has 7 heteroatoms. The van der Waals surface area contributed by atoms with E-state index in [2.05, 4.69) is 56.7 Å². The molecule has 0 saturated carbocycles. The summed E-state index contributed by atoms with van der Waals surface area (Å²) in [4.78, 5) is 9.28. The normalized spacial score (nSPS) is 12.2. The molecule has 0 fully saturated rings. The number of nitrogens with zero attached hydrogens (tertiary/aromatic N) is 3. The van der Waals surface area contributed by atoms with Gasteiger partial charge < -0.3 is 14.8 Å². The zero-order valence-corrected chi connectivity index (χ0v) is 18.4. The summed E-state index contributed by atoms with van der Waals surface area (Å²) in [7, 11) is 1.64. The van der Waals surface area contributed by atoms with Gasteiger partial charge in [-0.15, -0.1) is 0 Å². The average molecular weight is 418 g/mol. The summed E-state index contributed by atoms with van der Waals surface area (Å²) in [5.74, 6) is 2.79. The molecule has 160 valence electrons. The van der Waals surface area contributed by atoms with Crippen LogP contribution in [0.15, 0.2) is 48.8 Å². The van der Waals surface area contributed by atoms with Crippen molar-refractivity contribution in [2.24, 2.45) is 0 Å². The van der Waals surface area contributed by atoms with Crippen LogP contribution in [0.2, 0.25) is 0 Å². The lowest BCUT2D eigenvalue weighted by molar-refractivity contribution is 0.230. The Hall–Kier alpha value is -3.61. The van der Waals surface area contributed by atoms with Crippen molar-refractivity contribution in [3.8, 4) is 22.6 Å². The van der Waals surface area contributed by atoms with Gasteiger partial charge in [-0.25, -0.2) is 9.97 Å². The largest absolute Gasteiger partial charge is 0.493 e. The minimum Gasteiger partial charge on any atom is -0.493 e. The monoisotopic (exact) mass is 417 g/mol. The third-order valence-electron chi connectivity index (χ3n) is 5.03. The number of hydrogen-bond acceptors (Lipinski definition) is 6. The second-order valence-corrected chi connectivity index (χ2v) is 7.78. The van der Waals surface area contributed by atoms with Crippen LogP contribution in [0.4, 0.5) is 5.82 Å². The Morgan fingerprint density at radius 2 is 1.84 bits per heavy atom. The van der Waals surface area contributed by atoms with Crippen molar-refractivity contribution >= 4 is 16.7 Å². The van der Waals surface area contributed by atoms with Gasteiger partial charge in [-0.2, -0.15) is 5.10 Å². The lowest BCUT2D eigenvalue weighted by Crippen LogP contribution is -2.10. The fourth-order valence-corrected chi connectivity index (χ4v) is 3.55. The van der Waals surface area contributed by atoms with Crippen molar-refractivity contribution < 1.29 is 9.47 Å². The van der Waals surface area contributed by atoms with Crippen LogP contribution in [-0.2, 0) is 0 Å². The molecule has 2 aromatic carbocycles. The molecule has 0 aliphatic heterocycles. The predicted octanol–water partition coefficient (Wildman–Crippen LogP) is 5.30. The number of benzene rings is 2. The number of ether oxygens (including phenoxy) is 2. The molecule has 0 aliphatic rings. The number of hydrogen-bond donors (Lipinski definition) is 2. The Morgan fingerprint density at radius 1 is 1.00 bits per heavy atom. The molecule has 2 aromatic heterocycles. The Balaban J connectivity index is 1.71. The van der Waals surface area contributed by atoms with Gasteiger partial charge in [-0.1, -0.05) is 18.2 Å². The van der Waals surface area contributed by atoms with Gasteiger partial charge in [-0.05, 0) is 51.0 Å². The van der Waals surface area contributed by atoms with E-state index in [0.717, 1.165) is 33.4 Å². The molecule has 0 radical (unpaired) electrons. The molecule has 0 spiro atoms. The SMILES string of the molecule is COc1cc2nc(C)nc(N[C@H](C)c3cccc(-c4cn[nH]c4)c3)c2cc1OC(C)C. The molecule has 2 N–H and O–H groups in total. The molecule has 2 heterocycles. The molecule has 0 amide bonds. The highest BCUT2D eigenvalue weighted by atomic mass is 16.5. The first-order valence-corrected chi connectivity index (χ1v) is 10.3. The van der Waals surface area contributed by atoms with Crippen molar-refractivity contribution in [2.75, 3.05) is 12.4 Å². The van der Waals surface area contributed by atoms with Gasteiger partial charge in [0.1, 0.15) is 11.6 Å². The third kappa shape index (κ3) is 4.45. The number of aryl methyl sites for hydroxylation is 1. The van der Waals surface area contributed by atoms with Gasteiger partial charge >= 0.3 is 0 Å². The van der Waals surface area contributed by atoms with Crippen LogP contribution in [-0.4, -0.2) is 33.4 Å². The van der Waals surface area contributed by atoms with E-state index < -0.39 is 0 Å². The summed E-state index contributed by atoms with van der Waals surface area (Å²) < 4.78 is 11.5. The number of aromatic amines is 1. The van der Waals surface area contributed by atoms with Crippen LogP contribution in [0.1, 0.15) is 38.2 Å². The number of aromatic nitrogens is 4. The van der Waals surface area contributed by atoms with Crippen molar-refractivity contribution in [1.82, 2.24) is 20.2 Å². The highest BCUT2D eigenvalue weighted by Gasteiger charge is 2.16. The quantitative estimate of drug-likeness (QED) is 0.425. The lowest BCUT2D eigenvalue weighted by Gasteiger charge is -2.19. The Bertz CT molecular complexity index is 1190. The Morgan fingerprint density at radius 3 is 2.55 bits per heavy atom. The van der Waals surface area contributed by atoms with E-state index in [1.54, 1.807) is 7.11 Å². The topological polar surface area (TPSA) is 85.0 Å². The van der Waals surface area contributed by atoms with E-state index in [1.807, 2.05) is 45.3 Å². The summed E-state index contributed by atoms with van der Waals surface area (Å²) in [5, 5.41) is 11.4. The Labute approximate surface area is 181 Å². The van der Waals surface area contributed by atoms with E-state index in [4.69, 9.17) is 9.47 Å². The second kappa shape index (κ2) is 8.63. The molecule has 0 unspecified atom stereocenters. The van der Waals surface area contributed by atoms with Crippen LogP contribution in [0.3, 0.4) is 0 Å². The van der Waals surface area contributed by atoms with Gasteiger partial charge in [-0.3, -0.25) is 5.10 Å². The third-order valence-corrected chi connectivity index (χ3v) is 5.03. The van der Waals surface area contributed by atoms with Crippen LogP contribution >= 0.6 is 0 Å². The molecule has 0 saturated heterocycles. The molecule has 4 aromatic rings. The van der Waals surface area contributed by atoms with Crippen molar-refractivity contribution in [2.45, 2.75) is 39.8 Å². The zero-order valence-electron chi connectivity index (χ0n) is 18.4. The first-order valence-electron chi connectivity index (χ1n) is 10.3. The van der Waals surface area contributed by atoms with Gasteiger partial charge in [0.25, 0.3) is 0 Å². The minimum atomic E-state index is 0.0266. The lowest BCUT2D eigenvalue weighted by atomic mass is 10.0. The zero-order chi connectivity index (χ0) is 22.0. The van der Waals surface area contributed by atoms with E-state index in [-0.39, 0.29) is 12.1 Å². The number of fused-ring (bicyclic) bond motifs is 1. The van der Waals surface area contributed by atoms with E-state index in [0.29, 0.717) is 17.3 Å². The highest BCUT2D eigenvalue weighted by Crippen LogP contribution is 2.36. The average Bonchev–Trinajstić information content (AvgIpc) is 3.28. The van der Waals surface area contributed by atoms with Crippen molar-refractivity contribution in [3.05, 3.63) is 60.2 Å². The minimum absolute atomic E-state index is 0.0266. The van der Waals surface area contributed by atoms with E-state index in [9.17, 15) is 0 Å². The maximum atomic E-state index is 5.96. The first-order chi connectivity index (χ1) is 14.9. The Kier molecular flexibility index (Phi) is 5.75. The smallest absolute Gasteiger partial charge is 0.162 e. The van der Waals surface area contributed by atoms with Gasteiger partial charge in [0.2, 0.25) is 0 Å². The molecule has 31 heavy (non-hydrogen) atoms. The summed E-state index contributed by atoms with van der Waals surface area (Å²) >= 11 is 0. The molecule has 4 rings (SSSR count). The number of nitrogens with one attached hydrogen (secondary N) is 2. The predicted molar refractivity (Wildman–Crippen MR) is 123 cm³/mol. The molecule has 0 bridgehead atoms.